The first-order valence-corrected chi connectivity index (χ1v) is 5.11. The van der Waals surface area contributed by atoms with Crippen LogP contribution in [0.4, 0.5) is 0 Å². The summed E-state index contributed by atoms with van der Waals surface area (Å²) in [6.07, 6.45) is 3.81. The molecule has 1 atom stereocenters. The van der Waals surface area contributed by atoms with Crippen molar-refractivity contribution in [2.24, 2.45) is 11.7 Å². The number of aromatic nitrogens is 1. The lowest BCUT2D eigenvalue weighted by molar-refractivity contribution is -0.128. The van der Waals surface area contributed by atoms with Crippen molar-refractivity contribution in [1.82, 2.24) is 9.88 Å². The van der Waals surface area contributed by atoms with Gasteiger partial charge in [0.05, 0.1) is 12.1 Å². The Morgan fingerprint density at radius 3 is 3.06 bits per heavy atom. The van der Waals surface area contributed by atoms with Crippen LogP contribution in [0.25, 0.3) is 0 Å². The van der Waals surface area contributed by atoms with Gasteiger partial charge in [-0.1, -0.05) is 0 Å². The molecule has 1 aliphatic heterocycles. The summed E-state index contributed by atoms with van der Waals surface area (Å²) in [4.78, 5) is 27.9. The lowest BCUT2D eigenvalue weighted by Gasteiger charge is -2.14. The zero-order valence-electron chi connectivity index (χ0n) is 8.76. The molecule has 2 amide bonds. The predicted octanol–water partition coefficient (Wildman–Crippen LogP) is -0.449. The van der Waals surface area contributed by atoms with Crippen LogP contribution in [0.5, 0.6) is 0 Å². The topological polar surface area (TPSA) is 89.4 Å². The molecule has 0 spiro atoms. The van der Waals surface area contributed by atoms with Gasteiger partial charge in [-0.15, -0.1) is 0 Å². The van der Waals surface area contributed by atoms with Crippen molar-refractivity contribution < 1.29 is 14.0 Å². The number of oxazole rings is 1. The summed E-state index contributed by atoms with van der Waals surface area (Å²) >= 11 is 0. The van der Waals surface area contributed by atoms with Gasteiger partial charge >= 0.3 is 0 Å². The fourth-order valence-corrected chi connectivity index (χ4v) is 1.79. The van der Waals surface area contributed by atoms with Gasteiger partial charge in [0.1, 0.15) is 5.76 Å². The summed E-state index contributed by atoms with van der Waals surface area (Å²) in [7, 11) is 0. The molecule has 1 fully saturated rings. The molecule has 86 valence electrons. The lowest BCUT2D eigenvalue weighted by Crippen LogP contribution is -2.30. The Labute approximate surface area is 92.4 Å². The second-order valence-corrected chi connectivity index (χ2v) is 3.86. The monoisotopic (exact) mass is 223 g/mol. The third kappa shape index (κ3) is 2.21. The van der Waals surface area contributed by atoms with E-state index in [1.807, 2.05) is 0 Å². The summed E-state index contributed by atoms with van der Waals surface area (Å²) in [5, 5.41) is 0. The van der Waals surface area contributed by atoms with Crippen molar-refractivity contribution >= 4 is 11.8 Å². The number of amides is 2. The molecule has 1 saturated heterocycles. The molecule has 0 aromatic carbocycles. The Kier molecular flexibility index (Phi) is 2.89. The van der Waals surface area contributed by atoms with Crippen LogP contribution in [0.3, 0.4) is 0 Å². The van der Waals surface area contributed by atoms with E-state index in [9.17, 15) is 9.59 Å². The van der Waals surface area contributed by atoms with Crippen LogP contribution >= 0.6 is 0 Å². The second kappa shape index (κ2) is 4.34. The SMILES string of the molecule is NC(=O)C1CC(=O)N(CCc2cnco2)C1. The maximum Gasteiger partial charge on any atom is 0.223 e. The first-order chi connectivity index (χ1) is 7.66. The van der Waals surface area contributed by atoms with Gasteiger partial charge in [-0.25, -0.2) is 4.98 Å². The summed E-state index contributed by atoms with van der Waals surface area (Å²) in [5.41, 5.74) is 5.17. The number of rotatable bonds is 4. The average molecular weight is 223 g/mol. The Balaban J connectivity index is 1.87. The Morgan fingerprint density at radius 2 is 2.50 bits per heavy atom. The van der Waals surface area contributed by atoms with Crippen molar-refractivity contribution in [3.8, 4) is 0 Å². The van der Waals surface area contributed by atoms with E-state index in [0.717, 1.165) is 5.76 Å². The van der Waals surface area contributed by atoms with E-state index in [4.69, 9.17) is 10.2 Å². The normalized spacial score (nSPS) is 20.4. The molecule has 2 N–H and O–H groups in total. The molecule has 2 rings (SSSR count). The molecule has 0 radical (unpaired) electrons. The Morgan fingerprint density at radius 1 is 1.69 bits per heavy atom. The number of carbonyl (C=O) groups excluding carboxylic acids is 2. The first kappa shape index (κ1) is 10.7. The van der Waals surface area contributed by atoms with Gasteiger partial charge in [-0.05, 0) is 0 Å². The van der Waals surface area contributed by atoms with Gasteiger partial charge in [-0.2, -0.15) is 0 Å². The van der Waals surface area contributed by atoms with Gasteiger partial charge in [-0.3, -0.25) is 9.59 Å². The lowest BCUT2D eigenvalue weighted by atomic mass is 10.1. The van der Waals surface area contributed by atoms with Crippen LogP contribution in [0.15, 0.2) is 17.0 Å². The number of hydrogen-bond acceptors (Lipinski definition) is 4. The minimum Gasteiger partial charge on any atom is -0.448 e. The minimum atomic E-state index is -0.407. The van der Waals surface area contributed by atoms with Crippen molar-refractivity contribution in [2.75, 3.05) is 13.1 Å². The molecule has 1 aromatic heterocycles. The molecule has 1 aromatic rings. The largest absolute Gasteiger partial charge is 0.448 e. The van der Waals surface area contributed by atoms with E-state index in [0.29, 0.717) is 19.5 Å². The van der Waals surface area contributed by atoms with Gasteiger partial charge in [0.15, 0.2) is 6.39 Å². The van der Waals surface area contributed by atoms with E-state index >= 15 is 0 Å². The van der Waals surface area contributed by atoms with Gasteiger partial charge in [0, 0.05) is 25.9 Å². The summed E-state index contributed by atoms with van der Waals surface area (Å²) < 4.78 is 5.06. The zero-order valence-corrected chi connectivity index (χ0v) is 8.76. The Bertz CT molecular complexity index is 388. The van der Waals surface area contributed by atoms with Crippen LogP contribution in [0.1, 0.15) is 12.2 Å². The molecule has 0 saturated carbocycles. The van der Waals surface area contributed by atoms with Crippen LogP contribution in [0, 0.1) is 5.92 Å². The molecule has 6 nitrogen and oxygen atoms in total. The molecule has 0 aliphatic carbocycles. The van der Waals surface area contributed by atoms with E-state index in [1.165, 1.54) is 6.39 Å². The highest BCUT2D eigenvalue weighted by Crippen LogP contribution is 2.17. The quantitative estimate of drug-likeness (QED) is 0.748. The van der Waals surface area contributed by atoms with Crippen molar-refractivity contribution in [3.63, 3.8) is 0 Å². The van der Waals surface area contributed by atoms with Gasteiger partial charge < -0.3 is 15.1 Å². The van der Waals surface area contributed by atoms with E-state index in [1.54, 1.807) is 11.1 Å². The fraction of sp³-hybridized carbons (Fsp3) is 0.500. The fourth-order valence-electron chi connectivity index (χ4n) is 1.79. The molecule has 1 aliphatic rings. The van der Waals surface area contributed by atoms with Crippen LogP contribution in [-0.4, -0.2) is 34.8 Å². The number of nitrogens with two attached hydrogens (primary N) is 1. The average Bonchev–Trinajstić information content (AvgIpc) is 2.84. The first-order valence-electron chi connectivity index (χ1n) is 5.11. The molecular weight excluding hydrogens is 210 g/mol. The standard InChI is InChI=1S/C10H13N3O3/c11-10(15)7-3-9(14)13(5-7)2-1-8-4-12-6-16-8/h4,6-7H,1-3,5H2,(H2,11,15). The molecule has 16 heavy (non-hydrogen) atoms. The molecule has 1 unspecified atom stereocenters. The number of hydrogen-bond donors (Lipinski definition) is 1. The maximum absolute atomic E-state index is 11.5. The number of carbonyl (C=O) groups is 2. The maximum atomic E-state index is 11.5. The number of primary amides is 1. The molecule has 0 bridgehead atoms. The summed E-state index contributed by atoms with van der Waals surface area (Å²) in [6, 6.07) is 0. The van der Waals surface area contributed by atoms with Crippen molar-refractivity contribution in [1.29, 1.82) is 0 Å². The van der Waals surface area contributed by atoms with Crippen LogP contribution < -0.4 is 5.73 Å². The highest BCUT2D eigenvalue weighted by molar-refractivity contribution is 5.88. The number of nitrogens with zero attached hydrogens (tertiary/aromatic N) is 2. The van der Waals surface area contributed by atoms with Crippen molar-refractivity contribution in [2.45, 2.75) is 12.8 Å². The zero-order chi connectivity index (χ0) is 11.5. The van der Waals surface area contributed by atoms with E-state index in [2.05, 4.69) is 4.98 Å². The molecular formula is C10H13N3O3. The van der Waals surface area contributed by atoms with E-state index in [-0.39, 0.29) is 18.2 Å². The highest BCUT2D eigenvalue weighted by Gasteiger charge is 2.32. The smallest absolute Gasteiger partial charge is 0.223 e. The third-order valence-corrected chi connectivity index (χ3v) is 2.73. The summed E-state index contributed by atoms with van der Waals surface area (Å²) in [5.74, 6) is -0.0450. The molecule has 2 heterocycles. The third-order valence-electron chi connectivity index (χ3n) is 2.73. The second-order valence-electron chi connectivity index (χ2n) is 3.86. The molecule has 6 heteroatoms. The summed E-state index contributed by atoms with van der Waals surface area (Å²) in [6.45, 7) is 0.958. The number of likely N-dealkylation sites (tertiary alicyclic amines) is 1. The highest BCUT2D eigenvalue weighted by atomic mass is 16.3. The van der Waals surface area contributed by atoms with E-state index < -0.39 is 5.91 Å². The Hall–Kier alpha value is -1.85. The van der Waals surface area contributed by atoms with Crippen LogP contribution in [-0.2, 0) is 16.0 Å². The van der Waals surface area contributed by atoms with Crippen molar-refractivity contribution in [3.05, 3.63) is 18.4 Å². The van der Waals surface area contributed by atoms with Gasteiger partial charge in [0.25, 0.3) is 0 Å². The predicted molar refractivity (Wildman–Crippen MR) is 54.1 cm³/mol. The van der Waals surface area contributed by atoms with Crippen LogP contribution in [0.2, 0.25) is 0 Å². The van der Waals surface area contributed by atoms with Gasteiger partial charge in [0.2, 0.25) is 11.8 Å². The minimum absolute atomic E-state index is 0.0247.